The zero-order valence-electron chi connectivity index (χ0n) is 14.7. The smallest absolute Gasteiger partial charge is 0.261 e. The molecular formula is C19H18N2O5. The lowest BCUT2D eigenvalue weighted by Crippen LogP contribution is -2.33. The summed E-state index contributed by atoms with van der Waals surface area (Å²) in [5.41, 5.74) is 0.871. The highest BCUT2D eigenvalue weighted by molar-refractivity contribution is 6.07. The molecule has 0 radical (unpaired) electrons. The van der Waals surface area contributed by atoms with Crippen LogP contribution < -0.4 is 14.8 Å². The average Bonchev–Trinajstić information content (AvgIpc) is 3.31. The maximum absolute atomic E-state index is 12.6. The Hall–Kier alpha value is -3.22. The van der Waals surface area contributed by atoms with Crippen LogP contribution in [0.3, 0.4) is 0 Å². The number of anilines is 1. The van der Waals surface area contributed by atoms with Crippen molar-refractivity contribution in [3.8, 4) is 23.0 Å². The molecule has 1 N–H and O–H groups in total. The Labute approximate surface area is 149 Å². The monoisotopic (exact) mass is 354 g/mol. The molecule has 0 spiro atoms. The first-order chi connectivity index (χ1) is 12.5. The Kier molecular flexibility index (Phi) is 3.72. The van der Waals surface area contributed by atoms with Crippen molar-refractivity contribution in [1.82, 2.24) is 5.16 Å². The number of fused-ring (bicyclic) bond motifs is 1. The lowest BCUT2D eigenvalue weighted by Gasteiger charge is -2.20. The first-order valence-electron chi connectivity index (χ1n) is 8.32. The molecule has 1 aliphatic rings. The van der Waals surface area contributed by atoms with Crippen LogP contribution in [0.4, 0.5) is 5.69 Å². The van der Waals surface area contributed by atoms with Crippen molar-refractivity contribution in [1.29, 1.82) is 0 Å². The lowest BCUT2D eigenvalue weighted by atomic mass is 10.2. The van der Waals surface area contributed by atoms with Gasteiger partial charge in [-0.3, -0.25) is 4.79 Å². The molecule has 0 saturated heterocycles. The molecule has 0 bridgehead atoms. The van der Waals surface area contributed by atoms with Crippen molar-refractivity contribution in [2.24, 2.45) is 0 Å². The summed E-state index contributed by atoms with van der Waals surface area (Å²) in [6.07, 6.45) is 2.07. The van der Waals surface area contributed by atoms with Crippen LogP contribution in [0.15, 0.2) is 45.5 Å². The third kappa shape index (κ3) is 2.81. The number of carbonyl (C=O) groups is 1. The molecular weight excluding hydrogens is 336 g/mol. The summed E-state index contributed by atoms with van der Waals surface area (Å²) < 4.78 is 22.3. The van der Waals surface area contributed by atoms with Gasteiger partial charge in [-0.05, 0) is 31.2 Å². The van der Waals surface area contributed by atoms with Gasteiger partial charge in [0.1, 0.15) is 11.3 Å². The fourth-order valence-corrected chi connectivity index (χ4v) is 2.71. The molecule has 7 heteroatoms. The van der Waals surface area contributed by atoms with E-state index in [-0.39, 0.29) is 17.2 Å². The minimum absolute atomic E-state index is 0.287. The third-order valence-corrected chi connectivity index (χ3v) is 4.27. The van der Waals surface area contributed by atoms with Gasteiger partial charge in [-0.15, -0.1) is 0 Å². The van der Waals surface area contributed by atoms with Crippen molar-refractivity contribution in [2.75, 3.05) is 5.32 Å². The van der Waals surface area contributed by atoms with E-state index < -0.39 is 5.79 Å². The summed E-state index contributed by atoms with van der Waals surface area (Å²) in [7, 11) is 0. The van der Waals surface area contributed by atoms with Gasteiger partial charge in [0.25, 0.3) is 5.91 Å². The van der Waals surface area contributed by atoms with Gasteiger partial charge in [-0.2, -0.15) is 0 Å². The molecule has 26 heavy (non-hydrogen) atoms. The van der Waals surface area contributed by atoms with Gasteiger partial charge in [0.05, 0.1) is 6.20 Å². The Bertz CT molecular complexity index is 974. The Morgan fingerprint density at radius 1 is 1.19 bits per heavy atom. The summed E-state index contributed by atoms with van der Waals surface area (Å²) in [4.78, 5) is 12.6. The second-order valence-electron chi connectivity index (χ2n) is 6.29. The van der Waals surface area contributed by atoms with Gasteiger partial charge < -0.3 is 23.7 Å². The van der Waals surface area contributed by atoms with E-state index in [0.717, 1.165) is 5.76 Å². The van der Waals surface area contributed by atoms with E-state index >= 15 is 0 Å². The van der Waals surface area contributed by atoms with E-state index in [1.54, 1.807) is 30.3 Å². The van der Waals surface area contributed by atoms with Gasteiger partial charge in [0, 0.05) is 25.1 Å². The highest BCUT2D eigenvalue weighted by Gasteiger charge is 2.35. The highest BCUT2D eigenvalue weighted by Crippen LogP contribution is 2.42. The van der Waals surface area contributed by atoms with E-state index in [0.29, 0.717) is 29.4 Å². The number of hydrogen-bond donors (Lipinski definition) is 1. The third-order valence-electron chi connectivity index (χ3n) is 4.27. The van der Waals surface area contributed by atoms with E-state index in [9.17, 15) is 4.79 Å². The number of rotatable bonds is 4. The highest BCUT2D eigenvalue weighted by atomic mass is 16.7. The zero-order valence-corrected chi connectivity index (χ0v) is 14.7. The molecule has 1 amide bonds. The Morgan fingerprint density at radius 3 is 2.73 bits per heavy atom. The van der Waals surface area contributed by atoms with Crippen LogP contribution in [0.5, 0.6) is 11.5 Å². The molecule has 0 aliphatic carbocycles. The maximum Gasteiger partial charge on any atom is 0.261 e. The number of aryl methyl sites for hydroxylation is 1. The summed E-state index contributed by atoms with van der Waals surface area (Å²) in [5, 5.41) is 6.54. The van der Waals surface area contributed by atoms with Crippen LogP contribution >= 0.6 is 0 Å². The number of benzene rings is 1. The molecule has 0 saturated carbocycles. The molecule has 1 aromatic carbocycles. The van der Waals surface area contributed by atoms with Crippen LogP contribution in [0.25, 0.3) is 11.5 Å². The average molecular weight is 354 g/mol. The van der Waals surface area contributed by atoms with Crippen LogP contribution in [0, 0.1) is 6.92 Å². The minimum atomic E-state index is -0.677. The number of ether oxygens (including phenoxy) is 2. The van der Waals surface area contributed by atoms with Crippen LogP contribution in [-0.4, -0.2) is 16.9 Å². The number of furan rings is 1. The van der Waals surface area contributed by atoms with E-state index in [2.05, 4.69) is 10.5 Å². The molecule has 7 nitrogen and oxygen atoms in total. The van der Waals surface area contributed by atoms with E-state index in [4.69, 9.17) is 18.4 Å². The van der Waals surface area contributed by atoms with Gasteiger partial charge in [-0.25, -0.2) is 0 Å². The van der Waals surface area contributed by atoms with Crippen LogP contribution in [0.2, 0.25) is 0 Å². The standard InChI is InChI=1S/C19H18N2O5/c1-4-19(3)24-14-8-6-12(9-16(14)25-19)21-18(22)13-10-20-26-17(13)15-7-5-11(2)23-15/h5-10H,4H2,1-3H3,(H,21,22)/t19-/m1/s1. The van der Waals surface area contributed by atoms with E-state index in [1.807, 2.05) is 20.8 Å². The minimum Gasteiger partial charge on any atom is -0.458 e. The topological polar surface area (TPSA) is 86.7 Å². The van der Waals surface area contributed by atoms with Gasteiger partial charge in [-0.1, -0.05) is 12.1 Å². The predicted octanol–water partition coefficient (Wildman–Crippen LogP) is 4.39. The molecule has 1 atom stereocenters. The number of hydrogen-bond acceptors (Lipinski definition) is 6. The van der Waals surface area contributed by atoms with Crippen molar-refractivity contribution in [2.45, 2.75) is 33.0 Å². The molecule has 0 unspecified atom stereocenters. The lowest BCUT2D eigenvalue weighted by molar-refractivity contribution is -0.0640. The van der Waals surface area contributed by atoms with Crippen molar-refractivity contribution in [3.05, 3.63) is 47.9 Å². The number of carbonyl (C=O) groups excluding carboxylic acids is 1. The normalized spacial score (nSPS) is 18.1. The molecule has 1 aliphatic heterocycles. The maximum atomic E-state index is 12.6. The number of nitrogens with one attached hydrogen (secondary N) is 1. The molecule has 4 rings (SSSR count). The molecule has 3 heterocycles. The molecule has 134 valence electrons. The molecule has 0 fully saturated rings. The SMILES string of the molecule is CC[C@]1(C)Oc2ccc(NC(=O)c3cnoc3-c3ccc(C)o3)cc2O1. The summed E-state index contributed by atoms with van der Waals surface area (Å²) in [6, 6.07) is 8.79. The summed E-state index contributed by atoms with van der Waals surface area (Å²) >= 11 is 0. The summed E-state index contributed by atoms with van der Waals surface area (Å²) in [5.74, 6) is 1.68. The van der Waals surface area contributed by atoms with Crippen molar-refractivity contribution >= 4 is 11.6 Å². The Balaban J connectivity index is 1.56. The van der Waals surface area contributed by atoms with Gasteiger partial charge in [0.15, 0.2) is 17.3 Å². The fourth-order valence-electron chi connectivity index (χ4n) is 2.71. The molecule has 2 aromatic heterocycles. The van der Waals surface area contributed by atoms with Crippen molar-refractivity contribution in [3.63, 3.8) is 0 Å². The number of aromatic nitrogens is 1. The zero-order chi connectivity index (χ0) is 18.3. The van der Waals surface area contributed by atoms with E-state index in [1.165, 1.54) is 6.20 Å². The Morgan fingerprint density at radius 2 is 2.00 bits per heavy atom. The molecule has 3 aromatic rings. The number of nitrogens with zero attached hydrogens (tertiary/aromatic N) is 1. The van der Waals surface area contributed by atoms with Crippen molar-refractivity contribution < 1.29 is 23.2 Å². The first-order valence-corrected chi connectivity index (χ1v) is 8.32. The quantitative estimate of drug-likeness (QED) is 0.747. The first kappa shape index (κ1) is 16.3. The predicted molar refractivity (Wildman–Crippen MR) is 93.3 cm³/mol. The summed E-state index contributed by atoms with van der Waals surface area (Å²) in [6.45, 7) is 5.68. The largest absolute Gasteiger partial charge is 0.458 e. The second-order valence-corrected chi connectivity index (χ2v) is 6.29. The van der Waals surface area contributed by atoms with Gasteiger partial charge in [0.2, 0.25) is 11.5 Å². The van der Waals surface area contributed by atoms with Crippen LogP contribution in [-0.2, 0) is 0 Å². The van der Waals surface area contributed by atoms with Gasteiger partial charge >= 0.3 is 0 Å². The number of amides is 1. The fraction of sp³-hybridized carbons (Fsp3) is 0.263. The second kappa shape index (κ2) is 5.94. The van der Waals surface area contributed by atoms with Crippen LogP contribution in [0.1, 0.15) is 36.4 Å².